The Labute approximate surface area is 802 Å². The van der Waals surface area contributed by atoms with Crippen LogP contribution >= 0.6 is 23.2 Å². The van der Waals surface area contributed by atoms with Crippen molar-refractivity contribution < 1.29 is 47.2 Å². The van der Waals surface area contributed by atoms with Crippen molar-refractivity contribution in [1.82, 2.24) is 15.2 Å². The zero-order valence-corrected chi connectivity index (χ0v) is 85.3. The van der Waals surface area contributed by atoms with Crippen molar-refractivity contribution in [2.24, 2.45) is 0 Å². The van der Waals surface area contributed by atoms with Gasteiger partial charge in [0.25, 0.3) is 11.8 Å². The number of halogens is 7. The molecule has 1 N–H and O–H groups in total. The predicted octanol–water partition coefficient (Wildman–Crippen LogP) is 36.2. The van der Waals surface area contributed by atoms with Crippen molar-refractivity contribution in [1.29, 1.82) is 0 Å². The third kappa shape index (κ3) is 51.5. The monoisotopic (exact) mass is 1850 g/mol. The molecule has 131 heavy (non-hydrogen) atoms. The highest BCUT2D eigenvalue weighted by molar-refractivity contribution is 6.31. The van der Waals surface area contributed by atoms with Gasteiger partial charge in [0.2, 0.25) is 6.36 Å². The Morgan fingerprint density at radius 2 is 0.756 bits per heavy atom. The summed E-state index contributed by atoms with van der Waals surface area (Å²) in [5.41, 5.74) is 22.6. The number of aromatic nitrogens is 1. The first-order valence-electron chi connectivity index (χ1n) is 45.2. The maximum Gasteiger partial charge on any atom is 0.573 e. The standard InChI is InChI=1S/2C12H17NO.C11H15FO.C11H16.C10H13Cl.C10H11F3O.C10H14O.2C10H14.C9H10ClF.C9H13N.2CH4.H2/c1-9(2)10-6-5-7-11(8-10)12(14)13(3)4;1-4-13-12(14)11-7-5-6-10(8-11)9(2)3;1-8(2)10-5-4-6-11(7-10)13-9(3)12;1-8(2)11-6-5-9(3)10(4)7-11;1-7(2)9-5-4-8(3)6-10(9)11;1-7(2)8-4-3-5-9(6-8)14-10(11,12)13;1-8(2)9-5-4-6-10(7-9)11-3;2*1-8(2)10-6-4-5-9(3)7-10;1-6(2)9-7(10)4-3-5-8(9)11;1-7(2)9-4-8(3)5-10-6-9;;;/h5-9H,1-4H3;5-9H,4H2,1-3H3,(H,13,14);4-9H,1-3H3;5-8H,1-4H3;4-7H,1-3H3;3-7H,1-2H3;4-8H,1-3H3;2*4-8H,1-3H3;3-6H,1-2H3;4-7H,1-3H3;2*1H4;1H/i;;;;;;;;;;;;;1+1. The molecule has 11 aromatic rings. The van der Waals surface area contributed by atoms with Gasteiger partial charge in [0, 0.05) is 68.1 Å². The third-order valence-corrected chi connectivity index (χ3v) is 20.9. The van der Waals surface area contributed by atoms with Crippen molar-refractivity contribution in [2.45, 2.75) is 300 Å². The molecule has 1 atom stereocenters. The fourth-order valence-electron chi connectivity index (χ4n) is 12.0. The molecule has 0 fully saturated rings. The van der Waals surface area contributed by atoms with Crippen molar-refractivity contribution in [2.75, 3.05) is 27.7 Å². The summed E-state index contributed by atoms with van der Waals surface area (Å²) in [6.07, 6.45) is -2.05. The van der Waals surface area contributed by atoms with E-state index in [0.717, 1.165) is 33.0 Å². The van der Waals surface area contributed by atoms with Gasteiger partial charge in [-0.15, -0.1) is 13.2 Å². The first kappa shape index (κ1) is 123. The van der Waals surface area contributed by atoms with E-state index in [9.17, 15) is 31.5 Å². The Bertz CT molecular complexity index is 4880. The molecular formula is C116H164Cl2F5N3O5. The highest BCUT2D eigenvalue weighted by Gasteiger charge is 2.31. The minimum Gasteiger partial charge on any atom is -0.497 e. The first-order chi connectivity index (χ1) is 60.3. The van der Waals surface area contributed by atoms with Gasteiger partial charge in [-0.05, 0) is 270 Å². The van der Waals surface area contributed by atoms with E-state index >= 15 is 0 Å². The largest absolute Gasteiger partial charge is 0.573 e. The fraction of sp³-hybridized carbons (Fsp3) is 0.422. The zero-order chi connectivity index (χ0) is 98.1. The smallest absolute Gasteiger partial charge is 0.497 e. The van der Waals surface area contributed by atoms with Crippen molar-refractivity contribution in [3.8, 4) is 17.2 Å². The Hall–Kier alpha value is -10.1. The fourth-order valence-corrected chi connectivity index (χ4v) is 12.9. The average molecular weight is 1850 g/mol. The van der Waals surface area contributed by atoms with Crippen LogP contribution in [0.4, 0.5) is 22.0 Å². The molecule has 0 aliphatic heterocycles. The Morgan fingerprint density at radius 1 is 0.389 bits per heavy atom. The molecule has 2 amide bonds. The van der Waals surface area contributed by atoms with E-state index in [4.69, 9.17) is 32.7 Å². The minimum absolute atomic E-state index is 0. The van der Waals surface area contributed by atoms with Crippen LogP contribution in [0.15, 0.2) is 243 Å². The van der Waals surface area contributed by atoms with Crippen LogP contribution < -0.4 is 19.5 Å². The number of nitrogens with one attached hydrogen (secondary N) is 1. The van der Waals surface area contributed by atoms with Crippen LogP contribution in [0.1, 0.15) is 363 Å². The number of aryl methyl sites for hydroxylation is 6. The summed E-state index contributed by atoms with van der Waals surface area (Å²) < 4.78 is 74.9. The van der Waals surface area contributed by atoms with Gasteiger partial charge in [0.05, 0.1) is 7.11 Å². The van der Waals surface area contributed by atoms with Crippen LogP contribution in [0.5, 0.6) is 17.2 Å². The summed E-state index contributed by atoms with van der Waals surface area (Å²) in [6.45, 7) is 63.3. The lowest BCUT2D eigenvalue weighted by Gasteiger charge is -2.12. The number of nitrogens with zero attached hydrogens (tertiary/aromatic N) is 2. The summed E-state index contributed by atoms with van der Waals surface area (Å²) in [4.78, 5) is 28.9. The molecule has 0 saturated heterocycles. The summed E-state index contributed by atoms with van der Waals surface area (Å²) in [6, 6.07) is 74.5. The zero-order valence-electron chi connectivity index (χ0n) is 83.8. The molecule has 15 heteroatoms. The van der Waals surface area contributed by atoms with Gasteiger partial charge in [-0.25, -0.2) is 8.78 Å². The number of rotatable bonds is 18. The quantitative estimate of drug-likeness (QED) is 0.0861. The van der Waals surface area contributed by atoms with Crippen LogP contribution in [0.3, 0.4) is 0 Å². The van der Waals surface area contributed by atoms with Gasteiger partial charge in [0.1, 0.15) is 23.1 Å². The number of pyridine rings is 1. The van der Waals surface area contributed by atoms with Crippen LogP contribution in [0.2, 0.25) is 10.0 Å². The number of alkyl halides is 4. The van der Waals surface area contributed by atoms with Crippen molar-refractivity contribution in [3.63, 3.8) is 0 Å². The molecule has 1 aromatic heterocycles. The summed E-state index contributed by atoms with van der Waals surface area (Å²) in [5.74, 6) is 6.56. The Kier molecular flexibility index (Phi) is 60.7. The Morgan fingerprint density at radius 3 is 1.11 bits per heavy atom. The van der Waals surface area contributed by atoms with E-state index in [2.05, 4.69) is 284 Å². The summed E-state index contributed by atoms with van der Waals surface area (Å²) in [5, 5.41) is 4.19. The minimum atomic E-state index is -4.62. The second kappa shape index (κ2) is 64.7. The molecule has 0 radical (unpaired) electrons. The molecule has 0 saturated carbocycles. The molecule has 10 aromatic carbocycles. The van der Waals surface area contributed by atoms with Crippen molar-refractivity contribution >= 4 is 35.0 Å². The molecule has 11 rings (SSSR count). The van der Waals surface area contributed by atoms with Gasteiger partial charge in [-0.2, -0.15) is 0 Å². The molecule has 0 aliphatic rings. The van der Waals surface area contributed by atoms with E-state index in [-0.39, 0.29) is 51.5 Å². The lowest BCUT2D eigenvalue weighted by atomic mass is 9.99. The van der Waals surface area contributed by atoms with Crippen LogP contribution in [0.25, 0.3) is 0 Å². The molecule has 0 bridgehead atoms. The molecule has 1 heterocycles. The maximum atomic E-state index is 13.0. The third-order valence-electron chi connectivity index (χ3n) is 20.2. The number of carbonyl (C=O) groups is 2. The number of ether oxygens (including phenoxy) is 3. The van der Waals surface area contributed by atoms with Crippen LogP contribution in [-0.2, 0) is 0 Å². The van der Waals surface area contributed by atoms with Crippen molar-refractivity contribution in [3.05, 3.63) is 364 Å². The highest BCUT2D eigenvalue weighted by Crippen LogP contribution is 2.31. The highest BCUT2D eigenvalue weighted by atomic mass is 35.5. The van der Waals surface area contributed by atoms with Gasteiger partial charge in [-0.1, -0.05) is 353 Å². The molecule has 0 aliphatic carbocycles. The van der Waals surface area contributed by atoms with E-state index in [1.54, 1.807) is 56.4 Å². The molecule has 0 spiro atoms. The van der Waals surface area contributed by atoms with Gasteiger partial charge in [-0.3, -0.25) is 14.6 Å². The normalized spacial score (nSPS) is 10.7. The number of carbonyl (C=O) groups excluding carboxylic acids is 2. The van der Waals surface area contributed by atoms with Gasteiger partial charge < -0.3 is 24.4 Å². The number of amides is 2. The second-order valence-electron chi connectivity index (χ2n) is 35.8. The summed E-state index contributed by atoms with van der Waals surface area (Å²) >= 11 is 11.8. The van der Waals surface area contributed by atoms with Crippen LogP contribution in [-0.4, -0.2) is 62.2 Å². The van der Waals surface area contributed by atoms with Gasteiger partial charge in [0.15, 0.2) is 0 Å². The summed E-state index contributed by atoms with van der Waals surface area (Å²) in [7, 11) is 5.23. The van der Waals surface area contributed by atoms with E-state index in [1.165, 1.54) is 103 Å². The predicted molar refractivity (Wildman–Crippen MR) is 558 cm³/mol. The van der Waals surface area contributed by atoms with E-state index in [0.29, 0.717) is 76.1 Å². The molecule has 8 nitrogen and oxygen atoms in total. The number of methoxy groups -OCH3 is 1. The van der Waals surface area contributed by atoms with Gasteiger partial charge >= 0.3 is 6.36 Å². The van der Waals surface area contributed by atoms with E-state index < -0.39 is 12.7 Å². The lowest BCUT2D eigenvalue weighted by Crippen LogP contribution is -2.22. The lowest BCUT2D eigenvalue weighted by molar-refractivity contribution is -0.274. The van der Waals surface area contributed by atoms with E-state index in [1.807, 2.05) is 126 Å². The number of hydrogen-bond acceptors (Lipinski definition) is 6. The molecule has 1 unspecified atom stereocenters. The Balaban J connectivity index is -0.00000139. The average Bonchev–Trinajstić information content (AvgIpc) is 0.802. The second-order valence-corrected chi connectivity index (χ2v) is 36.6. The first-order valence-corrected chi connectivity index (χ1v) is 46.0. The number of benzene rings is 10. The SMILES string of the molecule is C.C.CC(C)c1c(F)cccc1Cl.CC(C)c1cccc(C(=O)N(C)C)c1.CC(C)c1cccc(OC(F)(F)F)c1.CC(F)Oc1cccc(C(C)C)c1.CCNC(=O)c1cccc(C(C)C)c1.COc1cccc(C(C)C)c1.Cc1ccc(C(C)C)c(Cl)c1.Cc1ccc(C(C)C)cc1C.Cc1cccc(C(C)C)c1.Cc1cccc(C(C)C)c1.Cc1cncc(C(C)C)c1.[2HH]. The van der Waals surface area contributed by atoms with Crippen LogP contribution in [0, 0.1) is 47.4 Å². The molecule has 722 valence electrons. The topological polar surface area (TPSA) is 90.0 Å². The molecular weight excluding hydrogens is 1680 g/mol. The maximum absolute atomic E-state index is 13.0. The number of hydrogen-bond donors (Lipinski definition) is 1.